The normalized spacial score (nSPS) is 16.7. The molecule has 128 valence electrons. The molecule has 2 aromatic rings. The van der Waals surface area contributed by atoms with Gasteiger partial charge in [-0.25, -0.2) is 14.8 Å². The fourth-order valence-corrected chi connectivity index (χ4v) is 2.89. The van der Waals surface area contributed by atoms with E-state index in [1.165, 1.54) is 6.20 Å². The smallest absolute Gasteiger partial charge is 0.409 e. The maximum atomic E-state index is 12.2. The molecule has 0 spiro atoms. The number of likely N-dealkylation sites (tertiary alicyclic amines) is 1. The van der Waals surface area contributed by atoms with Crippen LogP contribution in [0, 0.1) is 5.92 Å². The molecule has 1 aromatic heterocycles. The lowest BCUT2D eigenvalue weighted by Crippen LogP contribution is -2.23. The summed E-state index contributed by atoms with van der Waals surface area (Å²) in [6.45, 7) is 4.29. The summed E-state index contributed by atoms with van der Waals surface area (Å²) in [4.78, 5) is 33.6. The highest BCUT2D eigenvalue weighted by Gasteiger charge is 2.31. The first-order valence-corrected chi connectivity index (χ1v) is 7.93. The Balaban J connectivity index is 1.90. The number of carbonyl (C=O) groups excluding carboxylic acids is 1. The van der Waals surface area contributed by atoms with E-state index in [1.807, 2.05) is 30.3 Å². The van der Waals surface area contributed by atoms with Gasteiger partial charge in [-0.3, -0.25) is 10.1 Å². The average molecular weight is 338 g/mol. The molecule has 1 fully saturated rings. The third kappa shape index (κ3) is 3.65. The topological polar surface area (TPSA) is 95.4 Å². The Kier molecular flexibility index (Phi) is 4.74. The highest BCUT2D eigenvalue weighted by molar-refractivity contribution is 5.88. The zero-order valence-electron chi connectivity index (χ0n) is 13.6. The third-order valence-electron chi connectivity index (χ3n) is 4.13. The molecule has 0 aliphatic carbocycles. The van der Waals surface area contributed by atoms with Crippen LogP contribution in [0.1, 0.15) is 12.2 Å². The van der Waals surface area contributed by atoms with E-state index in [-0.39, 0.29) is 11.8 Å². The van der Waals surface area contributed by atoms with E-state index in [2.05, 4.69) is 21.9 Å². The number of carboxylic acid groups (broad SMARTS) is 1. The Morgan fingerprint density at radius 1 is 1.40 bits per heavy atom. The van der Waals surface area contributed by atoms with Crippen molar-refractivity contribution in [3.05, 3.63) is 55.1 Å². The zero-order valence-corrected chi connectivity index (χ0v) is 13.6. The summed E-state index contributed by atoms with van der Waals surface area (Å²) < 4.78 is 0. The van der Waals surface area contributed by atoms with Crippen LogP contribution in [0.3, 0.4) is 0 Å². The van der Waals surface area contributed by atoms with Gasteiger partial charge in [-0.2, -0.15) is 0 Å². The van der Waals surface area contributed by atoms with Gasteiger partial charge in [-0.05, 0) is 12.6 Å². The monoisotopic (exact) mass is 338 g/mol. The Morgan fingerprint density at radius 3 is 2.80 bits per heavy atom. The number of nitrogens with zero attached hydrogens (tertiary/aromatic N) is 3. The summed E-state index contributed by atoms with van der Waals surface area (Å²) in [6, 6.07) is 9.27. The number of nitrogens with one attached hydrogen (secondary N) is 1. The standard InChI is InChI=1S/C18H18N4O3/c1-2-22-9-8-13(17(22)23)10-15-19-11-14(20-18(24)25)16(21-15)12-6-4-3-5-7-12/h2-7,11,13,20H,1,8-10H2,(H,24,25). The average Bonchev–Trinajstić information content (AvgIpc) is 2.96. The van der Waals surface area contributed by atoms with Crippen LogP contribution in [0.2, 0.25) is 0 Å². The van der Waals surface area contributed by atoms with Gasteiger partial charge in [0.05, 0.1) is 17.6 Å². The second kappa shape index (κ2) is 7.12. The van der Waals surface area contributed by atoms with E-state index in [9.17, 15) is 9.59 Å². The van der Waals surface area contributed by atoms with E-state index in [4.69, 9.17) is 5.11 Å². The largest absolute Gasteiger partial charge is 0.465 e. The van der Waals surface area contributed by atoms with Gasteiger partial charge >= 0.3 is 6.09 Å². The number of benzene rings is 1. The van der Waals surface area contributed by atoms with Crippen LogP contribution in [-0.4, -0.2) is 38.5 Å². The molecule has 2 heterocycles. The van der Waals surface area contributed by atoms with Crippen molar-refractivity contribution in [3.8, 4) is 11.3 Å². The second-order valence-electron chi connectivity index (χ2n) is 5.75. The van der Waals surface area contributed by atoms with Crippen molar-refractivity contribution in [1.29, 1.82) is 0 Å². The first-order valence-electron chi connectivity index (χ1n) is 7.93. The number of rotatable bonds is 5. The number of carbonyl (C=O) groups is 2. The molecule has 0 radical (unpaired) electrons. The van der Waals surface area contributed by atoms with Gasteiger partial charge in [0.15, 0.2) is 0 Å². The van der Waals surface area contributed by atoms with Crippen molar-refractivity contribution in [1.82, 2.24) is 14.9 Å². The van der Waals surface area contributed by atoms with Crippen LogP contribution in [0.15, 0.2) is 49.3 Å². The fourth-order valence-electron chi connectivity index (χ4n) is 2.89. The molecule has 1 aliphatic rings. The van der Waals surface area contributed by atoms with E-state index >= 15 is 0 Å². The van der Waals surface area contributed by atoms with E-state index in [0.717, 1.165) is 12.0 Å². The van der Waals surface area contributed by atoms with Crippen molar-refractivity contribution >= 4 is 17.7 Å². The van der Waals surface area contributed by atoms with Gasteiger partial charge in [0.1, 0.15) is 5.82 Å². The maximum Gasteiger partial charge on any atom is 0.409 e. The van der Waals surface area contributed by atoms with Crippen LogP contribution in [0.25, 0.3) is 11.3 Å². The van der Waals surface area contributed by atoms with E-state index in [0.29, 0.717) is 30.2 Å². The summed E-state index contributed by atoms with van der Waals surface area (Å²) in [5.41, 5.74) is 1.59. The third-order valence-corrected chi connectivity index (χ3v) is 4.13. The minimum Gasteiger partial charge on any atom is -0.465 e. The molecule has 25 heavy (non-hydrogen) atoms. The van der Waals surface area contributed by atoms with Gasteiger partial charge in [-0.1, -0.05) is 36.9 Å². The second-order valence-corrected chi connectivity index (χ2v) is 5.75. The Morgan fingerprint density at radius 2 is 2.16 bits per heavy atom. The molecule has 7 heteroatoms. The van der Waals surface area contributed by atoms with Crippen LogP contribution < -0.4 is 5.32 Å². The minimum absolute atomic E-state index is 0.0209. The Bertz CT molecular complexity index is 807. The van der Waals surface area contributed by atoms with Crippen LogP contribution in [0.5, 0.6) is 0 Å². The molecule has 1 atom stereocenters. The predicted molar refractivity (Wildman–Crippen MR) is 92.8 cm³/mol. The first-order chi connectivity index (χ1) is 12.1. The number of hydrogen-bond donors (Lipinski definition) is 2. The van der Waals surface area contributed by atoms with Crippen molar-refractivity contribution in [2.24, 2.45) is 5.92 Å². The highest BCUT2D eigenvalue weighted by atomic mass is 16.4. The van der Waals surface area contributed by atoms with Gasteiger partial charge in [0.2, 0.25) is 5.91 Å². The summed E-state index contributed by atoms with van der Waals surface area (Å²) in [5, 5.41) is 11.3. The van der Waals surface area contributed by atoms with Crippen LogP contribution in [-0.2, 0) is 11.2 Å². The molecular weight excluding hydrogens is 320 g/mol. The van der Waals surface area contributed by atoms with Crippen molar-refractivity contribution < 1.29 is 14.7 Å². The molecule has 7 nitrogen and oxygen atoms in total. The summed E-state index contributed by atoms with van der Waals surface area (Å²) in [5.74, 6) is 0.353. The Hall–Kier alpha value is -3.22. The van der Waals surface area contributed by atoms with E-state index in [1.54, 1.807) is 11.1 Å². The van der Waals surface area contributed by atoms with E-state index < -0.39 is 6.09 Å². The number of hydrogen-bond acceptors (Lipinski definition) is 4. The molecule has 0 bridgehead atoms. The molecule has 0 saturated carbocycles. The molecular formula is C18H18N4O3. The lowest BCUT2D eigenvalue weighted by molar-refractivity contribution is -0.128. The number of amides is 2. The van der Waals surface area contributed by atoms with Crippen molar-refractivity contribution in [2.45, 2.75) is 12.8 Å². The summed E-state index contributed by atoms with van der Waals surface area (Å²) in [7, 11) is 0. The fraction of sp³-hybridized carbons (Fsp3) is 0.222. The molecule has 2 N–H and O–H groups in total. The molecule has 1 unspecified atom stereocenters. The molecule has 2 amide bonds. The molecule has 1 aliphatic heterocycles. The summed E-state index contributed by atoms with van der Waals surface area (Å²) >= 11 is 0. The van der Waals surface area contributed by atoms with Gasteiger partial charge < -0.3 is 10.0 Å². The van der Waals surface area contributed by atoms with Gasteiger partial charge in [0.25, 0.3) is 0 Å². The molecule has 1 aromatic carbocycles. The zero-order chi connectivity index (χ0) is 17.8. The first kappa shape index (κ1) is 16.6. The maximum absolute atomic E-state index is 12.2. The lowest BCUT2D eigenvalue weighted by atomic mass is 10.0. The SMILES string of the molecule is C=CN1CCC(Cc2ncc(NC(=O)O)c(-c3ccccc3)n2)C1=O. The minimum atomic E-state index is -1.18. The number of anilines is 1. The lowest BCUT2D eigenvalue weighted by Gasteiger charge is -2.13. The van der Waals surface area contributed by atoms with Crippen LogP contribution in [0.4, 0.5) is 10.5 Å². The number of aromatic nitrogens is 2. The van der Waals surface area contributed by atoms with Gasteiger partial charge in [-0.15, -0.1) is 0 Å². The molecule has 1 saturated heterocycles. The van der Waals surface area contributed by atoms with Crippen molar-refractivity contribution in [3.63, 3.8) is 0 Å². The Labute approximate surface area is 145 Å². The quantitative estimate of drug-likeness (QED) is 0.874. The predicted octanol–water partition coefficient (Wildman–Crippen LogP) is 2.77. The summed E-state index contributed by atoms with van der Waals surface area (Å²) in [6.07, 6.45) is 2.95. The molecule has 3 rings (SSSR count). The van der Waals surface area contributed by atoms with Gasteiger partial charge in [0, 0.05) is 24.4 Å². The highest BCUT2D eigenvalue weighted by Crippen LogP contribution is 2.27. The van der Waals surface area contributed by atoms with Crippen molar-refractivity contribution in [2.75, 3.05) is 11.9 Å². The van der Waals surface area contributed by atoms with Crippen LogP contribution >= 0.6 is 0 Å².